The number of benzene rings is 1. The number of fused-ring (bicyclic) bond motifs is 2. The van der Waals surface area contributed by atoms with Crippen LogP contribution in [-0.4, -0.2) is 32.0 Å². The summed E-state index contributed by atoms with van der Waals surface area (Å²) in [4.78, 5) is 20.0. The number of carbonyl (C=O) groups is 1. The maximum absolute atomic E-state index is 12.3. The number of rotatable bonds is 4. The number of hydrogen-bond donors (Lipinski definition) is 2. The van der Waals surface area contributed by atoms with Crippen LogP contribution >= 0.6 is 0 Å². The molecule has 3 aromatic heterocycles. The van der Waals surface area contributed by atoms with E-state index in [1.165, 1.54) is 0 Å². The van der Waals surface area contributed by atoms with Crippen LogP contribution in [0.2, 0.25) is 0 Å². The van der Waals surface area contributed by atoms with Crippen LogP contribution in [0.4, 0.5) is 0 Å². The Hall–Kier alpha value is -3.15. The zero-order chi connectivity index (χ0) is 15.6. The summed E-state index contributed by atoms with van der Waals surface area (Å²) in [5.41, 5.74) is 3.33. The number of carbonyl (C=O) groups excluding carboxylic acids is 1. The van der Waals surface area contributed by atoms with E-state index in [4.69, 9.17) is 0 Å². The van der Waals surface area contributed by atoms with Gasteiger partial charge in [-0.1, -0.05) is 18.2 Å². The second-order valence-corrected chi connectivity index (χ2v) is 5.30. The smallest absolute Gasteiger partial charge is 0.255 e. The van der Waals surface area contributed by atoms with Gasteiger partial charge in [0, 0.05) is 19.2 Å². The summed E-state index contributed by atoms with van der Waals surface area (Å²) in [6.45, 7) is 0.517. The number of imidazole rings is 1. The summed E-state index contributed by atoms with van der Waals surface area (Å²) < 4.78 is 1.69. The molecule has 6 nitrogen and oxygen atoms in total. The topological polar surface area (TPSA) is 75.1 Å². The quantitative estimate of drug-likeness (QED) is 0.607. The molecule has 0 atom stereocenters. The lowest BCUT2D eigenvalue weighted by Crippen LogP contribution is -2.25. The number of hydrogen-bond acceptors (Lipinski definition) is 3. The minimum Gasteiger partial charge on any atom is -0.351 e. The van der Waals surface area contributed by atoms with Gasteiger partial charge < -0.3 is 10.3 Å². The van der Waals surface area contributed by atoms with Crippen LogP contribution < -0.4 is 5.32 Å². The highest BCUT2D eigenvalue weighted by atomic mass is 16.1. The second kappa shape index (κ2) is 5.57. The van der Waals surface area contributed by atoms with Crippen LogP contribution in [0.1, 0.15) is 16.2 Å². The van der Waals surface area contributed by atoms with E-state index >= 15 is 0 Å². The molecule has 0 aliphatic carbocycles. The van der Waals surface area contributed by atoms with Gasteiger partial charge in [0.05, 0.1) is 28.3 Å². The SMILES string of the molecule is O=C(NCCc1nc2ccccc2[nH]1)c1cnn2ccccc12. The standard InChI is InChI=1S/C17H15N5O/c23-17(12-11-19-22-10-4-3-7-15(12)22)18-9-8-16-20-13-5-1-2-6-14(13)21-16/h1-7,10-11H,8-9H2,(H,18,23)(H,20,21). The highest BCUT2D eigenvalue weighted by Gasteiger charge is 2.12. The molecule has 0 aliphatic heterocycles. The molecule has 114 valence electrons. The molecule has 2 N–H and O–H groups in total. The number of pyridine rings is 1. The Balaban J connectivity index is 1.43. The third kappa shape index (κ3) is 2.55. The second-order valence-electron chi connectivity index (χ2n) is 5.30. The molecule has 4 rings (SSSR count). The molecule has 0 fully saturated rings. The third-order valence-electron chi connectivity index (χ3n) is 3.76. The Morgan fingerprint density at radius 1 is 1.17 bits per heavy atom. The summed E-state index contributed by atoms with van der Waals surface area (Å²) in [5.74, 6) is 0.744. The van der Waals surface area contributed by atoms with Crippen molar-refractivity contribution < 1.29 is 4.79 Å². The van der Waals surface area contributed by atoms with Gasteiger partial charge >= 0.3 is 0 Å². The lowest BCUT2D eigenvalue weighted by atomic mass is 10.2. The zero-order valence-electron chi connectivity index (χ0n) is 12.4. The molecule has 3 heterocycles. The minimum atomic E-state index is -0.123. The molecule has 0 radical (unpaired) electrons. The highest BCUT2D eigenvalue weighted by Crippen LogP contribution is 2.11. The predicted octanol–water partition coefficient (Wildman–Crippen LogP) is 2.18. The fraction of sp³-hybridized carbons (Fsp3) is 0.118. The van der Waals surface area contributed by atoms with Crippen molar-refractivity contribution in [3.63, 3.8) is 0 Å². The first kappa shape index (κ1) is 13.5. The van der Waals surface area contributed by atoms with Crippen molar-refractivity contribution in [3.8, 4) is 0 Å². The van der Waals surface area contributed by atoms with Crippen molar-refractivity contribution in [1.82, 2.24) is 24.9 Å². The molecule has 1 amide bonds. The molecule has 6 heteroatoms. The number of nitrogens with one attached hydrogen (secondary N) is 2. The fourth-order valence-electron chi connectivity index (χ4n) is 2.62. The lowest BCUT2D eigenvalue weighted by molar-refractivity contribution is 0.0955. The number of aromatic nitrogens is 4. The molecular formula is C17H15N5O. The zero-order valence-corrected chi connectivity index (χ0v) is 12.4. The van der Waals surface area contributed by atoms with Crippen molar-refractivity contribution in [2.45, 2.75) is 6.42 Å². The van der Waals surface area contributed by atoms with Gasteiger partial charge in [-0.25, -0.2) is 9.50 Å². The molecule has 0 unspecified atom stereocenters. The summed E-state index contributed by atoms with van der Waals surface area (Å²) >= 11 is 0. The minimum absolute atomic E-state index is 0.123. The number of aromatic amines is 1. The van der Waals surface area contributed by atoms with E-state index in [1.54, 1.807) is 10.7 Å². The first-order chi connectivity index (χ1) is 11.3. The van der Waals surface area contributed by atoms with Crippen molar-refractivity contribution >= 4 is 22.5 Å². The summed E-state index contributed by atoms with van der Waals surface area (Å²) in [6.07, 6.45) is 4.06. The van der Waals surface area contributed by atoms with Crippen molar-refractivity contribution in [1.29, 1.82) is 0 Å². The van der Waals surface area contributed by atoms with Gasteiger partial charge in [0.25, 0.3) is 5.91 Å². The van der Waals surface area contributed by atoms with Crippen molar-refractivity contribution in [2.24, 2.45) is 0 Å². The summed E-state index contributed by atoms with van der Waals surface area (Å²) in [7, 11) is 0. The molecule has 1 aromatic carbocycles. The van der Waals surface area contributed by atoms with Gasteiger partial charge in [0.15, 0.2) is 0 Å². The van der Waals surface area contributed by atoms with Gasteiger partial charge in [0.2, 0.25) is 0 Å². The third-order valence-corrected chi connectivity index (χ3v) is 3.76. The van der Waals surface area contributed by atoms with Gasteiger partial charge in [-0.15, -0.1) is 0 Å². The molecule has 0 aliphatic rings. The van der Waals surface area contributed by atoms with Gasteiger partial charge in [0.1, 0.15) is 5.82 Å². The number of amides is 1. The molecule has 23 heavy (non-hydrogen) atoms. The number of H-pyrrole nitrogens is 1. The van der Waals surface area contributed by atoms with Crippen molar-refractivity contribution in [3.05, 3.63) is 66.2 Å². The summed E-state index contributed by atoms with van der Waals surface area (Å²) in [5, 5.41) is 7.09. The van der Waals surface area contributed by atoms with E-state index in [1.807, 2.05) is 48.7 Å². The molecule has 0 saturated carbocycles. The number of nitrogens with zero attached hydrogens (tertiary/aromatic N) is 3. The Labute approximate surface area is 132 Å². The van der Waals surface area contributed by atoms with E-state index in [2.05, 4.69) is 20.4 Å². The first-order valence-corrected chi connectivity index (χ1v) is 7.45. The maximum Gasteiger partial charge on any atom is 0.255 e. The Morgan fingerprint density at radius 2 is 2.04 bits per heavy atom. The molecule has 0 saturated heterocycles. The van der Waals surface area contributed by atoms with E-state index in [-0.39, 0.29) is 5.91 Å². The monoisotopic (exact) mass is 305 g/mol. The Kier molecular flexibility index (Phi) is 3.27. The maximum atomic E-state index is 12.3. The highest BCUT2D eigenvalue weighted by molar-refractivity contribution is 6.00. The van der Waals surface area contributed by atoms with Crippen LogP contribution in [0.15, 0.2) is 54.9 Å². The van der Waals surface area contributed by atoms with Gasteiger partial charge in [-0.2, -0.15) is 5.10 Å². The molecule has 0 spiro atoms. The average Bonchev–Trinajstić information content (AvgIpc) is 3.18. The molecule has 4 aromatic rings. The lowest BCUT2D eigenvalue weighted by Gasteiger charge is -2.02. The van der Waals surface area contributed by atoms with E-state index < -0.39 is 0 Å². The average molecular weight is 305 g/mol. The van der Waals surface area contributed by atoms with E-state index in [0.717, 1.165) is 22.4 Å². The van der Waals surface area contributed by atoms with E-state index in [0.29, 0.717) is 18.5 Å². The summed E-state index contributed by atoms with van der Waals surface area (Å²) in [6, 6.07) is 13.5. The normalized spacial score (nSPS) is 11.1. The molecule has 0 bridgehead atoms. The van der Waals surface area contributed by atoms with Crippen LogP contribution in [0.5, 0.6) is 0 Å². The van der Waals surface area contributed by atoms with E-state index in [9.17, 15) is 4.79 Å². The first-order valence-electron chi connectivity index (χ1n) is 7.45. The van der Waals surface area contributed by atoms with Gasteiger partial charge in [-0.3, -0.25) is 4.79 Å². The number of para-hydroxylation sites is 2. The van der Waals surface area contributed by atoms with Crippen LogP contribution in [0, 0.1) is 0 Å². The van der Waals surface area contributed by atoms with Gasteiger partial charge in [-0.05, 0) is 24.3 Å². The Bertz CT molecular complexity index is 952. The predicted molar refractivity (Wildman–Crippen MR) is 87.3 cm³/mol. The van der Waals surface area contributed by atoms with Crippen molar-refractivity contribution in [2.75, 3.05) is 6.54 Å². The largest absolute Gasteiger partial charge is 0.351 e. The Morgan fingerprint density at radius 3 is 2.96 bits per heavy atom. The van der Waals surface area contributed by atoms with Crippen LogP contribution in [0.25, 0.3) is 16.6 Å². The van der Waals surface area contributed by atoms with Crippen LogP contribution in [0.3, 0.4) is 0 Å². The fourth-order valence-corrected chi connectivity index (χ4v) is 2.62. The molecular weight excluding hydrogens is 290 g/mol. The van der Waals surface area contributed by atoms with Crippen LogP contribution in [-0.2, 0) is 6.42 Å².